The number of hydrogen-bond donors (Lipinski definition) is 2. The van der Waals surface area contributed by atoms with Crippen molar-refractivity contribution < 1.29 is 19.1 Å². The molecule has 124 valence electrons. The molecule has 0 saturated carbocycles. The van der Waals surface area contributed by atoms with E-state index in [-0.39, 0.29) is 24.6 Å². The van der Waals surface area contributed by atoms with Crippen LogP contribution in [0, 0.1) is 5.92 Å². The Morgan fingerprint density at radius 1 is 1.59 bits per heavy atom. The van der Waals surface area contributed by atoms with Gasteiger partial charge in [-0.25, -0.2) is 4.79 Å². The molecule has 0 aromatic carbocycles. The van der Waals surface area contributed by atoms with Gasteiger partial charge in [-0.15, -0.1) is 0 Å². The van der Waals surface area contributed by atoms with E-state index in [0.29, 0.717) is 18.9 Å². The largest absolute Gasteiger partial charge is 0.464 e. The molecule has 6 nitrogen and oxygen atoms in total. The Morgan fingerprint density at radius 2 is 2.41 bits per heavy atom. The SMILES string of the molecule is CCc1ccc([C@H](COC)NC(=O)N2CCC[C@@H](CO)C2)o1. The number of carbonyl (C=O) groups is 1. The van der Waals surface area contributed by atoms with E-state index in [1.807, 2.05) is 19.1 Å². The predicted molar refractivity (Wildman–Crippen MR) is 82.6 cm³/mol. The van der Waals surface area contributed by atoms with Crippen LogP contribution in [0.15, 0.2) is 16.5 Å². The molecule has 0 spiro atoms. The second kappa shape index (κ2) is 8.19. The first-order valence-electron chi connectivity index (χ1n) is 7.91. The molecule has 0 unspecified atom stereocenters. The van der Waals surface area contributed by atoms with Crippen LogP contribution < -0.4 is 5.32 Å². The normalized spacial score (nSPS) is 20.0. The molecule has 2 atom stereocenters. The quantitative estimate of drug-likeness (QED) is 0.842. The smallest absolute Gasteiger partial charge is 0.318 e. The molecule has 0 bridgehead atoms. The van der Waals surface area contributed by atoms with Crippen molar-refractivity contribution >= 4 is 6.03 Å². The van der Waals surface area contributed by atoms with Crippen LogP contribution in [0.4, 0.5) is 4.79 Å². The summed E-state index contributed by atoms with van der Waals surface area (Å²) in [6, 6.07) is 3.38. The maximum Gasteiger partial charge on any atom is 0.318 e. The zero-order valence-electron chi connectivity index (χ0n) is 13.4. The fraction of sp³-hybridized carbons (Fsp3) is 0.688. The monoisotopic (exact) mass is 310 g/mol. The molecular weight excluding hydrogens is 284 g/mol. The van der Waals surface area contributed by atoms with E-state index in [1.165, 1.54) is 0 Å². The molecule has 1 aliphatic heterocycles. The Labute approximate surface area is 131 Å². The number of amides is 2. The number of hydrogen-bond acceptors (Lipinski definition) is 4. The minimum Gasteiger partial charge on any atom is -0.464 e. The Morgan fingerprint density at radius 3 is 3.05 bits per heavy atom. The van der Waals surface area contributed by atoms with Gasteiger partial charge in [0.15, 0.2) is 0 Å². The van der Waals surface area contributed by atoms with Gasteiger partial charge in [-0.2, -0.15) is 0 Å². The summed E-state index contributed by atoms with van der Waals surface area (Å²) in [6.45, 7) is 3.83. The summed E-state index contributed by atoms with van der Waals surface area (Å²) >= 11 is 0. The molecule has 2 rings (SSSR count). The van der Waals surface area contributed by atoms with Crippen LogP contribution in [-0.4, -0.2) is 49.5 Å². The average molecular weight is 310 g/mol. The number of aryl methyl sites for hydroxylation is 1. The molecule has 22 heavy (non-hydrogen) atoms. The highest BCUT2D eigenvalue weighted by atomic mass is 16.5. The minimum atomic E-state index is -0.299. The van der Waals surface area contributed by atoms with E-state index in [2.05, 4.69) is 5.32 Å². The summed E-state index contributed by atoms with van der Waals surface area (Å²) in [5, 5.41) is 12.2. The van der Waals surface area contributed by atoms with Gasteiger partial charge >= 0.3 is 6.03 Å². The summed E-state index contributed by atoms with van der Waals surface area (Å²) in [4.78, 5) is 14.2. The minimum absolute atomic E-state index is 0.128. The zero-order valence-corrected chi connectivity index (χ0v) is 13.4. The van der Waals surface area contributed by atoms with E-state index < -0.39 is 0 Å². The molecular formula is C16H26N2O4. The molecule has 2 heterocycles. The van der Waals surface area contributed by atoms with Gasteiger partial charge in [-0.1, -0.05) is 6.92 Å². The molecule has 6 heteroatoms. The number of piperidine rings is 1. The van der Waals surface area contributed by atoms with Gasteiger partial charge in [0.2, 0.25) is 0 Å². The number of carbonyl (C=O) groups excluding carboxylic acids is 1. The van der Waals surface area contributed by atoms with E-state index >= 15 is 0 Å². The van der Waals surface area contributed by atoms with Gasteiger partial charge in [-0.05, 0) is 30.9 Å². The van der Waals surface area contributed by atoms with Crippen LogP contribution in [0.25, 0.3) is 0 Å². The molecule has 1 aromatic rings. The molecule has 1 saturated heterocycles. The molecule has 0 aliphatic carbocycles. The second-order valence-corrected chi connectivity index (χ2v) is 5.75. The first-order chi connectivity index (χ1) is 10.7. The van der Waals surface area contributed by atoms with Gasteiger partial charge in [0, 0.05) is 33.2 Å². The maximum atomic E-state index is 12.4. The number of furan rings is 1. The Hall–Kier alpha value is -1.53. The summed E-state index contributed by atoms with van der Waals surface area (Å²) in [7, 11) is 1.60. The Balaban J connectivity index is 1.99. The van der Waals surface area contributed by atoms with Crippen LogP contribution in [0.1, 0.15) is 37.3 Å². The van der Waals surface area contributed by atoms with Crippen LogP contribution in [0.3, 0.4) is 0 Å². The van der Waals surface area contributed by atoms with Crippen molar-refractivity contribution in [1.29, 1.82) is 0 Å². The topological polar surface area (TPSA) is 74.9 Å². The number of likely N-dealkylation sites (tertiary alicyclic amines) is 1. The summed E-state index contributed by atoms with van der Waals surface area (Å²) in [6.07, 6.45) is 2.71. The Bertz CT molecular complexity index is 474. The van der Waals surface area contributed by atoms with Crippen LogP contribution in [0.5, 0.6) is 0 Å². The van der Waals surface area contributed by atoms with Crippen molar-refractivity contribution in [2.75, 3.05) is 33.4 Å². The lowest BCUT2D eigenvalue weighted by molar-refractivity contribution is 0.118. The van der Waals surface area contributed by atoms with Crippen molar-refractivity contribution in [3.8, 4) is 0 Å². The van der Waals surface area contributed by atoms with Crippen molar-refractivity contribution in [1.82, 2.24) is 10.2 Å². The third-order valence-electron chi connectivity index (χ3n) is 4.07. The van der Waals surface area contributed by atoms with Gasteiger partial charge in [-0.3, -0.25) is 0 Å². The summed E-state index contributed by atoms with van der Waals surface area (Å²) < 4.78 is 10.9. The number of aliphatic hydroxyl groups excluding tert-OH is 1. The number of nitrogens with zero attached hydrogens (tertiary/aromatic N) is 1. The van der Waals surface area contributed by atoms with E-state index in [4.69, 9.17) is 9.15 Å². The standard InChI is InChI=1S/C16H26N2O4/c1-3-13-6-7-15(22-13)14(11-21-2)17-16(20)18-8-4-5-12(9-18)10-19/h6-7,12,14,19H,3-5,8-11H2,1-2H3,(H,17,20)/t12-,14+/m1/s1. The van der Waals surface area contributed by atoms with Crippen molar-refractivity contribution in [3.63, 3.8) is 0 Å². The van der Waals surface area contributed by atoms with E-state index in [0.717, 1.165) is 31.6 Å². The summed E-state index contributed by atoms with van der Waals surface area (Å²) in [5.41, 5.74) is 0. The number of ether oxygens (including phenoxy) is 1. The highest BCUT2D eigenvalue weighted by Gasteiger charge is 2.26. The number of urea groups is 1. The van der Waals surface area contributed by atoms with Crippen LogP contribution >= 0.6 is 0 Å². The summed E-state index contributed by atoms with van der Waals surface area (Å²) in [5.74, 6) is 1.78. The Kier molecular flexibility index (Phi) is 6.27. The highest BCUT2D eigenvalue weighted by molar-refractivity contribution is 5.74. The average Bonchev–Trinajstić information content (AvgIpc) is 3.03. The predicted octanol–water partition coefficient (Wildman–Crippen LogP) is 1.94. The van der Waals surface area contributed by atoms with Crippen molar-refractivity contribution in [2.45, 2.75) is 32.2 Å². The van der Waals surface area contributed by atoms with Crippen LogP contribution in [0.2, 0.25) is 0 Å². The van der Waals surface area contributed by atoms with Gasteiger partial charge in [0.1, 0.15) is 17.6 Å². The molecule has 1 aromatic heterocycles. The molecule has 2 N–H and O–H groups in total. The first kappa shape index (κ1) is 16.8. The van der Waals surface area contributed by atoms with Gasteiger partial charge < -0.3 is 24.5 Å². The molecule has 1 fully saturated rings. The highest BCUT2D eigenvalue weighted by Crippen LogP contribution is 2.20. The van der Waals surface area contributed by atoms with Crippen LogP contribution in [-0.2, 0) is 11.2 Å². The lowest BCUT2D eigenvalue weighted by Crippen LogP contribution is -2.47. The molecule has 1 aliphatic rings. The van der Waals surface area contributed by atoms with E-state index in [9.17, 15) is 9.90 Å². The third-order valence-corrected chi connectivity index (χ3v) is 4.07. The lowest BCUT2D eigenvalue weighted by atomic mass is 9.99. The first-order valence-corrected chi connectivity index (χ1v) is 7.91. The van der Waals surface area contributed by atoms with E-state index in [1.54, 1.807) is 12.0 Å². The second-order valence-electron chi connectivity index (χ2n) is 5.75. The van der Waals surface area contributed by atoms with Gasteiger partial charge in [0.05, 0.1) is 6.61 Å². The zero-order chi connectivity index (χ0) is 15.9. The fourth-order valence-electron chi connectivity index (χ4n) is 2.77. The number of aliphatic hydroxyl groups is 1. The van der Waals surface area contributed by atoms with Crippen molar-refractivity contribution in [3.05, 3.63) is 23.7 Å². The number of nitrogens with one attached hydrogen (secondary N) is 1. The maximum absolute atomic E-state index is 12.4. The van der Waals surface area contributed by atoms with Crippen molar-refractivity contribution in [2.24, 2.45) is 5.92 Å². The lowest BCUT2D eigenvalue weighted by Gasteiger charge is -2.32. The third kappa shape index (κ3) is 4.24. The molecule has 2 amide bonds. The van der Waals surface area contributed by atoms with Gasteiger partial charge in [0.25, 0.3) is 0 Å². The fourth-order valence-corrected chi connectivity index (χ4v) is 2.77. The molecule has 0 radical (unpaired) electrons. The number of methoxy groups -OCH3 is 1. The number of rotatable bonds is 6.